The number of aryl methyl sites for hydroxylation is 3. The van der Waals surface area contributed by atoms with E-state index in [2.05, 4.69) is 20.4 Å². The zero-order valence-electron chi connectivity index (χ0n) is 13.7. The molecule has 0 unspecified atom stereocenters. The third-order valence-corrected chi connectivity index (χ3v) is 3.56. The highest BCUT2D eigenvalue weighted by molar-refractivity contribution is 5.79. The number of hydrogen-bond donors (Lipinski definition) is 2. The third-order valence-electron chi connectivity index (χ3n) is 3.56. The van der Waals surface area contributed by atoms with E-state index in [1.54, 1.807) is 38.9 Å². The predicted molar refractivity (Wildman–Crippen MR) is 84.0 cm³/mol. The molecular weight excluding hydrogens is 298 g/mol. The van der Waals surface area contributed by atoms with Crippen molar-refractivity contribution in [2.24, 2.45) is 7.05 Å². The lowest BCUT2D eigenvalue weighted by atomic mass is 10.1. The van der Waals surface area contributed by atoms with E-state index in [0.717, 1.165) is 5.69 Å². The molecule has 0 aromatic carbocycles. The van der Waals surface area contributed by atoms with Gasteiger partial charge in [0.25, 0.3) is 5.56 Å². The highest BCUT2D eigenvalue weighted by atomic mass is 16.5. The van der Waals surface area contributed by atoms with Crippen molar-refractivity contribution in [3.05, 3.63) is 45.4 Å². The van der Waals surface area contributed by atoms with Crippen LogP contribution in [-0.2, 0) is 23.0 Å². The van der Waals surface area contributed by atoms with Crippen molar-refractivity contribution in [3.8, 4) is 0 Å². The van der Waals surface area contributed by atoms with Crippen molar-refractivity contribution >= 4 is 5.91 Å². The molecule has 0 spiro atoms. The second kappa shape index (κ2) is 7.19. The van der Waals surface area contributed by atoms with Gasteiger partial charge in [-0.25, -0.2) is 4.98 Å². The SMILES string of the molecule is COC[C@H](NC(=O)Cc1c(C)nc(C)[nH]c1=O)c1ccnn1C. The Labute approximate surface area is 133 Å². The normalized spacial score (nSPS) is 12.2. The Morgan fingerprint density at radius 3 is 2.78 bits per heavy atom. The minimum absolute atomic E-state index is 0.0352. The van der Waals surface area contributed by atoms with Crippen molar-refractivity contribution in [2.45, 2.75) is 26.3 Å². The van der Waals surface area contributed by atoms with Gasteiger partial charge in [-0.05, 0) is 19.9 Å². The molecule has 8 nitrogen and oxygen atoms in total. The van der Waals surface area contributed by atoms with Gasteiger partial charge in [0.15, 0.2) is 0 Å². The van der Waals surface area contributed by atoms with Gasteiger partial charge in [0.1, 0.15) is 5.82 Å². The molecule has 0 aliphatic rings. The first kappa shape index (κ1) is 16.9. The Hall–Kier alpha value is -2.48. The van der Waals surface area contributed by atoms with Gasteiger partial charge in [-0.2, -0.15) is 5.10 Å². The van der Waals surface area contributed by atoms with E-state index in [1.165, 1.54) is 0 Å². The van der Waals surface area contributed by atoms with E-state index < -0.39 is 0 Å². The first-order chi connectivity index (χ1) is 10.9. The quantitative estimate of drug-likeness (QED) is 0.790. The van der Waals surface area contributed by atoms with Crippen LogP contribution in [-0.4, -0.2) is 39.4 Å². The molecule has 0 saturated heterocycles. The number of H-pyrrole nitrogens is 1. The smallest absolute Gasteiger partial charge is 0.254 e. The van der Waals surface area contributed by atoms with Crippen LogP contribution >= 0.6 is 0 Å². The van der Waals surface area contributed by atoms with Crippen molar-refractivity contribution in [1.29, 1.82) is 0 Å². The second-order valence-electron chi connectivity index (χ2n) is 5.35. The van der Waals surface area contributed by atoms with Crippen LogP contribution in [0.25, 0.3) is 0 Å². The Bertz CT molecular complexity index is 750. The van der Waals surface area contributed by atoms with Gasteiger partial charge in [-0.1, -0.05) is 0 Å². The molecule has 0 bridgehead atoms. The van der Waals surface area contributed by atoms with Gasteiger partial charge in [0.2, 0.25) is 5.91 Å². The summed E-state index contributed by atoms with van der Waals surface area (Å²) in [6.07, 6.45) is 1.62. The van der Waals surface area contributed by atoms with Crippen molar-refractivity contribution < 1.29 is 9.53 Å². The van der Waals surface area contributed by atoms with Crippen LogP contribution in [0.4, 0.5) is 0 Å². The van der Waals surface area contributed by atoms with Crippen molar-refractivity contribution in [2.75, 3.05) is 13.7 Å². The molecule has 2 heterocycles. The van der Waals surface area contributed by atoms with E-state index in [-0.39, 0.29) is 23.9 Å². The predicted octanol–water partition coefficient (Wildman–Crippen LogP) is 0.167. The number of amides is 1. The molecule has 0 saturated carbocycles. The molecule has 0 fully saturated rings. The molecule has 2 aromatic heterocycles. The zero-order valence-corrected chi connectivity index (χ0v) is 13.7. The second-order valence-corrected chi connectivity index (χ2v) is 5.35. The summed E-state index contributed by atoms with van der Waals surface area (Å²) in [5.41, 5.74) is 1.47. The Balaban J connectivity index is 2.14. The summed E-state index contributed by atoms with van der Waals surface area (Å²) in [4.78, 5) is 31.1. The van der Waals surface area contributed by atoms with Crippen molar-refractivity contribution in [3.63, 3.8) is 0 Å². The maximum atomic E-state index is 12.3. The lowest BCUT2D eigenvalue weighted by Gasteiger charge is -2.18. The molecule has 2 aromatic rings. The van der Waals surface area contributed by atoms with Gasteiger partial charge in [0.05, 0.1) is 24.8 Å². The fraction of sp³-hybridized carbons (Fsp3) is 0.467. The van der Waals surface area contributed by atoms with Crippen LogP contribution in [0.1, 0.15) is 28.8 Å². The maximum absolute atomic E-state index is 12.3. The fourth-order valence-electron chi connectivity index (χ4n) is 2.46. The van der Waals surface area contributed by atoms with Crippen LogP contribution in [0.5, 0.6) is 0 Å². The Kier molecular flexibility index (Phi) is 5.28. The number of hydrogen-bond acceptors (Lipinski definition) is 5. The number of methoxy groups -OCH3 is 1. The average molecular weight is 319 g/mol. The van der Waals surface area contributed by atoms with Gasteiger partial charge < -0.3 is 15.0 Å². The maximum Gasteiger partial charge on any atom is 0.254 e. The molecule has 0 aliphatic heterocycles. The van der Waals surface area contributed by atoms with E-state index >= 15 is 0 Å². The van der Waals surface area contributed by atoms with Gasteiger partial charge >= 0.3 is 0 Å². The molecule has 0 aliphatic carbocycles. The van der Waals surface area contributed by atoms with Crippen LogP contribution in [0.15, 0.2) is 17.1 Å². The summed E-state index contributed by atoms with van der Waals surface area (Å²) < 4.78 is 6.84. The minimum Gasteiger partial charge on any atom is -0.382 e. The lowest BCUT2D eigenvalue weighted by molar-refractivity contribution is -0.121. The number of aromatic nitrogens is 4. The monoisotopic (exact) mass is 319 g/mol. The van der Waals surface area contributed by atoms with E-state index in [0.29, 0.717) is 23.7 Å². The summed E-state index contributed by atoms with van der Waals surface area (Å²) in [6, 6.07) is 1.48. The number of nitrogens with one attached hydrogen (secondary N) is 2. The highest BCUT2D eigenvalue weighted by Crippen LogP contribution is 2.12. The number of nitrogens with zero attached hydrogens (tertiary/aromatic N) is 3. The molecule has 1 atom stereocenters. The van der Waals surface area contributed by atoms with Crippen LogP contribution in [0.2, 0.25) is 0 Å². The van der Waals surface area contributed by atoms with Crippen LogP contribution in [0, 0.1) is 13.8 Å². The minimum atomic E-state index is -0.335. The third kappa shape index (κ3) is 4.04. The largest absolute Gasteiger partial charge is 0.382 e. The van der Waals surface area contributed by atoms with Gasteiger partial charge in [0, 0.05) is 31.6 Å². The zero-order chi connectivity index (χ0) is 17.0. The van der Waals surface area contributed by atoms with Crippen molar-refractivity contribution in [1.82, 2.24) is 25.1 Å². The first-order valence-electron chi connectivity index (χ1n) is 7.25. The molecule has 1 amide bonds. The number of ether oxygens (including phenoxy) is 1. The van der Waals surface area contributed by atoms with E-state index in [4.69, 9.17) is 4.74 Å². The van der Waals surface area contributed by atoms with Crippen LogP contribution in [0.3, 0.4) is 0 Å². The standard InChI is InChI=1S/C15H21N5O3/c1-9-11(15(22)18-10(2)17-9)7-14(21)19-12(8-23-4)13-5-6-16-20(13)3/h5-6,12H,7-8H2,1-4H3,(H,19,21)(H,17,18,22)/t12-/m0/s1. The fourth-order valence-corrected chi connectivity index (χ4v) is 2.46. The number of carbonyl (C=O) groups is 1. The summed E-state index contributed by atoms with van der Waals surface area (Å²) in [6.45, 7) is 3.74. The van der Waals surface area contributed by atoms with E-state index in [9.17, 15) is 9.59 Å². The van der Waals surface area contributed by atoms with Gasteiger partial charge in [-0.3, -0.25) is 14.3 Å². The molecule has 8 heteroatoms. The Morgan fingerprint density at radius 2 is 2.22 bits per heavy atom. The van der Waals surface area contributed by atoms with Gasteiger partial charge in [-0.15, -0.1) is 0 Å². The average Bonchev–Trinajstić information content (AvgIpc) is 2.88. The number of aromatic amines is 1. The lowest BCUT2D eigenvalue weighted by Crippen LogP contribution is -2.35. The molecule has 2 rings (SSSR count). The first-order valence-corrected chi connectivity index (χ1v) is 7.25. The molecular formula is C15H21N5O3. The summed E-state index contributed by atoms with van der Waals surface area (Å²) in [5.74, 6) is 0.260. The summed E-state index contributed by atoms with van der Waals surface area (Å²) in [5, 5.41) is 6.97. The molecule has 23 heavy (non-hydrogen) atoms. The Morgan fingerprint density at radius 1 is 1.48 bits per heavy atom. The highest BCUT2D eigenvalue weighted by Gasteiger charge is 2.19. The molecule has 0 radical (unpaired) electrons. The molecule has 124 valence electrons. The number of carbonyl (C=O) groups excluding carboxylic acids is 1. The van der Waals surface area contributed by atoms with E-state index in [1.807, 2.05) is 6.07 Å². The number of rotatable bonds is 6. The topological polar surface area (TPSA) is 102 Å². The molecule has 2 N–H and O–H groups in total. The van der Waals surface area contributed by atoms with Crippen LogP contribution < -0.4 is 10.9 Å². The summed E-state index contributed by atoms with van der Waals surface area (Å²) in [7, 11) is 3.36. The summed E-state index contributed by atoms with van der Waals surface area (Å²) >= 11 is 0.